The van der Waals surface area contributed by atoms with E-state index in [4.69, 9.17) is 33.1 Å². The van der Waals surface area contributed by atoms with Crippen LogP contribution < -0.4 is 0 Å². The monoisotopic (exact) mass is 671 g/mol. The fourth-order valence-corrected chi connectivity index (χ4v) is 7.13. The average molecular weight is 672 g/mol. The van der Waals surface area contributed by atoms with E-state index in [1.165, 1.54) is 0 Å². The van der Waals surface area contributed by atoms with Crippen LogP contribution in [0.2, 0.25) is 0 Å². The number of fused-ring (bicyclic) bond motifs is 6. The second kappa shape index (κ2) is 11.6. The maximum absolute atomic E-state index is 9.47. The molecule has 0 saturated heterocycles. The minimum Gasteiger partial charge on any atom is -0.456 e. The molecule has 3 heterocycles. The van der Waals surface area contributed by atoms with E-state index in [0.29, 0.717) is 11.1 Å². The largest absolute Gasteiger partial charge is 0.456 e. The zero-order chi connectivity index (χ0) is 45.2. The molecule has 0 atom stereocenters. The second-order valence-electron chi connectivity index (χ2n) is 11.3. The Hall–Kier alpha value is -6.43. The Morgan fingerprint density at radius 2 is 1.06 bits per heavy atom. The molecule has 0 amide bonds. The zero-order valence-electron chi connectivity index (χ0n) is 39.7. The van der Waals surface area contributed by atoms with E-state index in [0.717, 1.165) is 28.0 Å². The molecule has 10 rings (SSSR count). The third kappa shape index (κ3) is 4.71. The normalized spacial score (nSPS) is 15.5. The number of furan rings is 1. The molecule has 0 N–H and O–H groups in total. The molecule has 7 aromatic carbocycles. The first kappa shape index (κ1) is 17.8. The summed E-state index contributed by atoms with van der Waals surface area (Å²) >= 11 is 0.871. The van der Waals surface area contributed by atoms with Gasteiger partial charge in [-0.1, -0.05) is 133 Å². The van der Waals surface area contributed by atoms with E-state index in [1.807, 2.05) is 66.7 Å². The lowest BCUT2D eigenvalue weighted by molar-refractivity contribution is 0.669. The van der Waals surface area contributed by atoms with Crippen molar-refractivity contribution in [1.82, 2.24) is 15.0 Å². The summed E-state index contributed by atoms with van der Waals surface area (Å²) in [7, 11) is 0. The minimum absolute atomic E-state index is 0.0110. The Bertz CT molecular complexity index is 3690. The van der Waals surface area contributed by atoms with Gasteiger partial charge in [0.25, 0.3) is 0 Å². The van der Waals surface area contributed by atoms with Crippen molar-refractivity contribution < 1.29 is 23.6 Å². The third-order valence-electron chi connectivity index (χ3n) is 8.39. The topological polar surface area (TPSA) is 51.8 Å². The molecule has 0 bridgehead atoms. The van der Waals surface area contributed by atoms with Crippen molar-refractivity contribution in [1.29, 1.82) is 0 Å². The summed E-state index contributed by atoms with van der Waals surface area (Å²) < 4.78 is 129. The van der Waals surface area contributed by atoms with Gasteiger partial charge in [-0.15, -0.1) is 11.3 Å². The molecule has 234 valence electrons. The highest BCUT2D eigenvalue weighted by atomic mass is 32.1. The lowest BCUT2D eigenvalue weighted by Gasteiger charge is -2.15. The van der Waals surface area contributed by atoms with Gasteiger partial charge in [0, 0.05) is 47.6 Å². The molecule has 0 aliphatic heterocycles. The van der Waals surface area contributed by atoms with Gasteiger partial charge < -0.3 is 4.42 Å². The van der Waals surface area contributed by atoms with E-state index in [2.05, 4.69) is 0 Å². The Morgan fingerprint density at radius 1 is 0.440 bits per heavy atom. The van der Waals surface area contributed by atoms with Crippen molar-refractivity contribution in [3.8, 4) is 56.4 Å². The molecule has 0 radical (unpaired) electrons. The van der Waals surface area contributed by atoms with E-state index >= 15 is 0 Å². The molecule has 5 heteroatoms. The number of nitrogens with zero attached hydrogens (tertiary/aromatic N) is 3. The van der Waals surface area contributed by atoms with Gasteiger partial charge in [0.05, 0.1) is 19.2 Å². The highest BCUT2D eigenvalue weighted by molar-refractivity contribution is 7.25. The number of rotatable bonds is 5. The zero-order valence-corrected chi connectivity index (χ0v) is 26.5. The van der Waals surface area contributed by atoms with Crippen molar-refractivity contribution in [3.05, 3.63) is 163 Å². The number of hydrogen-bond donors (Lipinski definition) is 0. The summed E-state index contributed by atoms with van der Waals surface area (Å²) in [4.78, 5) is 14.5. The predicted molar refractivity (Wildman–Crippen MR) is 207 cm³/mol. The van der Waals surface area contributed by atoms with Crippen LogP contribution in [0.3, 0.4) is 0 Å². The molecular formula is C45H27N3OS. The summed E-state index contributed by atoms with van der Waals surface area (Å²) in [5.74, 6) is -0.688. The van der Waals surface area contributed by atoms with Crippen LogP contribution in [0.15, 0.2) is 168 Å². The molecule has 50 heavy (non-hydrogen) atoms. The second-order valence-corrected chi connectivity index (χ2v) is 12.3. The molecule has 0 fully saturated rings. The quantitative estimate of drug-likeness (QED) is 0.183. The maximum Gasteiger partial charge on any atom is 0.164 e. The van der Waals surface area contributed by atoms with Crippen LogP contribution in [0.5, 0.6) is 0 Å². The molecule has 0 spiro atoms. The van der Waals surface area contributed by atoms with Crippen LogP contribution in [0.25, 0.3) is 98.5 Å². The van der Waals surface area contributed by atoms with Crippen molar-refractivity contribution >= 4 is 53.4 Å². The SMILES string of the molecule is [2H]c1c([2H])c([2H])c2c(oc3c([2H])c(-c4nc(-c5ccccc5-c5ccccc5-c5ccccc5)nc(-c5c([2H])c([2H])c([2H])c6sc7c([2H])c([2H])c([2H])c([2H])c7c56)n4)c([2H])c([2H])c32)c1[2H]. The van der Waals surface area contributed by atoms with Crippen LogP contribution in [0.1, 0.15) is 19.2 Å². The van der Waals surface area contributed by atoms with Crippen LogP contribution in [0, 0.1) is 0 Å². The Morgan fingerprint density at radius 3 is 1.90 bits per heavy atom. The molecule has 4 nitrogen and oxygen atoms in total. The molecular weight excluding hydrogens is 631 g/mol. The first-order valence-electron chi connectivity index (χ1n) is 22.5. The number of hydrogen-bond acceptors (Lipinski definition) is 5. The van der Waals surface area contributed by atoms with Crippen LogP contribution in [0.4, 0.5) is 0 Å². The van der Waals surface area contributed by atoms with E-state index in [9.17, 15) is 5.48 Å². The minimum atomic E-state index is -0.590. The molecule has 0 unspecified atom stereocenters. The first-order valence-corrected chi connectivity index (χ1v) is 16.3. The summed E-state index contributed by atoms with van der Waals surface area (Å²) in [5, 5.41) is -0.338. The van der Waals surface area contributed by atoms with Gasteiger partial charge in [0.1, 0.15) is 11.2 Å². The number of aromatic nitrogens is 3. The number of thiophene rings is 1. The van der Waals surface area contributed by atoms with E-state index in [-0.39, 0.29) is 82.8 Å². The van der Waals surface area contributed by atoms with Gasteiger partial charge in [-0.25, -0.2) is 15.0 Å². The van der Waals surface area contributed by atoms with Gasteiger partial charge in [-0.2, -0.15) is 0 Å². The predicted octanol–water partition coefficient (Wildman–Crippen LogP) is 12.5. The summed E-state index contributed by atoms with van der Waals surface area (Å²) in [5.41, 5.74) is 2.49. The van der Waals surface area contributed by atoms with Crippen LogP contribution in [-0.4, -0.2) is 15.0 Å². The van der Waals surface area contributed by atoms with Gasteiger partial charge in [0.15, 0.2) is 17.5 Å². The average Bonchev–Trinajstić information content (AvgIpc) is 3.92. The smallest absolute Gasteiger partial charge is 0.164 e. The lowest BCUT2D eigenvalue weighted by Crippen LogP contribution is -2.01. The van der Waals surface area contributed by atoms with Crippen molar-refractivity contribution in [3.63, 3.8) is 0 Å². The fourth-order valence-electron chi connectivity index (χ4n) is 6.16. The van der Waals surface area contributed by atoms with Gasteiger partial charge in [0.2, 0.25) is 0 Å². The highest BCUT2D eigenvalue weighted by Crippen LogP contribution is 2.42. The summed E-state index contributed by atoms with van der Waals surface area (Å²) in [6.45, 7) is 0. The number of benzene rings is 7. The standard InChI is InChI=1S/C45H27N3OS/c1-2-13-28(14-3-1)30-15-4-5-16-31(30)32-17-6-7-19-35(32)44-46-43(29-25-26-34-33-18-8-10-22-38(33)49-39(34)27-29)47-45(48-44)37-21-12-24-41-42(37)36-20-9-11-23-40(36)50-41/h1-27H/i8D,9D,10D,11D,12D,18D,20D,21D,22D,23D,24D,25D,26D,27D. The van der Waals surface area contributed by atoms with Gasteiger partial charge >= 0.3 is 0 Å². The van der Waals surface area contributed by atoms with Crippen molar-refractivity contribution in [2.24, 2.45) is 0 Å². The summed E-state index contributed by atoms with van der Waals surface area (Å²) in [6, 6.07) is 17.4. The molecule has 0 aliphatic carbocycles. The Kier molecular flexibility index (Phi) is 4.14. The third-order valence-corrected chi connectivity index (χ3v) is 9.41. The molecule has 0 saturated carbocycles. The van der Waals surface area contributed by atoms with E-state index < -0.39 is 72.5 Å². The van der Waals surface area contributed by atoms with E-state index in [1.54, 1.807) is 12.1 Å². The lowest BCUT2D eigenvalue weighted by atomic mass is 9.91. The Balaban J connectivity index is 1.35. The molecule has 3 aromatic heterocycles. The molecule has 10 aromatic rings. The van der Waals surface area contributed by atoms with Crippen LogP contribution in [-0.2, 0) is 0 Å². The highest BCUT2D eigenvalue weighted by Gasteiger charge is 2.20. The van der Waals surface area contributed by atoms with Crippen molar-refractivity contribution in [2.45, 2.75) is 0 Å². The fraction of sp³-hybridized carbons (Fsp3) is 0. The van der Waals surface area contributed by atoms with Crippen LogP contribution >= 0.6 is 11.3 Å². The maximum atomic E-state index is 9.47. The number of para-hydroxylation sites is 1. The first-order chi connectivity index (χ1) is 30.6. The van der Waals surface area contributed by atoms with Gasteiger partial charge in [-0.3, -0.25) is 0 Å². The van der Waals surface area contributed by atoms with Gasteiger partial charge in [-0.05, 0) is 52.5 Å². The molecule has 0 aliphatic rings. The summed E-state index contributed by atoms with van der Waals surface area (Å²) in [6.07, 6.45) is 0. The van der Waals surface area contributed by atoms with Crippen molar-refractivity contribution in [2.75, 3.05) is 0 Å². The Labute approximate surface area is 311 Å².